The van der Waals surface area contributed by atoms with Crippen molar-refractivity contribution in [3.8, 4) is 0 Å². The van der Waals surface area contributed by atoms with E-state index in [1.807, 2.05) is 27.7 Å². The summed E-state index contributed by atoms with van der Waals surface area (Å²) in [5.74, 6) is -0.449. The first-order valence-electron chi connectivity index (χ1n) is 6.22. The molecule has 0 aliphatic carbocycles. The maximum atomic E-state index is 11.7. The number of cyclic esters (lactones) is 2. The standard InChI is InChI=1S/C13H22O4/c1-8(2)13(9(3)4)10(5)16-11(14)6-7-12(15)17-13/h8-10H,6-7H2,1-5H3. The Morgan fingerprint density at radius 2 is 1.53 bits per heavy atom. The van der Waals surface area contributed by atoms with Gasteiger partial charge >= 0.3 is 11.9 Å². The van der Waals surface area contributed by atoms with Gasteiger partial charge in [0, 0.05) is 0 Å². The molecule has 0 spiro atoms. The van der Waals surface area contributed by atoms with Gasteiger partial charge in [0.1, 0.15) is 6.10 Å². The van der Waals surface area contributed by atoms with E-state index in [1.54, 1.807) is 6.92 Å². The third-order valence-electron chi connectivity index (χ3n) is 3.57. The zero-order valence-electron chi connectivity index (χ0n) is 11.3. The van der Waals surface area contributed by atoms with Gasteiger partial charge in [-0.15, -0.1) is 0 Å². The van der Waals surface area contributed by atoms with Gasteiger partial charge < -0.3 is 9.47 Å². The average Bonchev–Trinajstić information content (AvgIpc) is 2.20. The van der Waals surface area contributed by atoms with Crippen molar-refractivity contribution < 1.29 is 19.1 Å². The molecule has 1 aliphatic rings. The summed E-state index contributed by atoms with van der Waals surface area (Å²) in [4.78, 5) is 23.2. The number of rotatable bonds is 2. The van der Waals surface area contributed by atoms with Crippen LogP contribution in [0.25, 0.3) is 0 Å². The van der Waals surface area contributed by atoms with Crippen LogP contribution in [0.2, 0.25) is 0 Å². The molecule has 0 aromatic heterocycles. The third kappa shape index (κ3) is 2.61. The lowest BCUT2D eigenvalue weighted by molar-refractivity contribution is -0.209. The second-order valence-corrected chi connectivity index (χ2v) is 5.27. The zero-order valence-corrected chi connectivity index (χ0v) is 11.3. The molecule has 1 heterocycles. The first kappa shape index (κ1) is 14.0. The topological polar surface area (TPSA) is 52.6 Å². The van der Waals surface area contributed by atoms with E-state index in [1.165, 1.54) is 0 Å². The molecular weight excluding hydrogens is 220 g/mol. The maximum Gasteiger partial charge on any atom is 0.307 e. The number of carbonyl (C=O) groups is 2. The van der Waals surface area contributed by atoms with Crippen LogP contribution in [-0.4, -0.2) is 23.6 Å². The Hall–Kier alpha value is -1.06. The Morgan fingerprint density at radius 1 is 1.06 bits per heavy atom. The van der Waals surface area contributed by atoms with Crippen molar-refractivity contribution >= 4 is 11.9 Å². The fourth-order valence-electron chi connectivity index (χ4n) is 2.72. The zero-order chi connectivity index (χ0) is 13.2. The molecule has 0 N–H and O–H groups in total. The van der Waals surface area contributed by atoms with E-state index in [0.717, 1.165) is 0 Å². The lowest BCUT2D eigenvalue weighted by Crippen LogP contribution is -2.55. The smallest absolute Gasteiger partial charge is 0.307 e. The predicted molar refractivity (Wildman–Crippen MR) is 63.3 cm³/mol. The van der Waals surface area contributed by atoms with Crippen molar-refractivity contribution in [2.24, 2.45) is 11.8 Å². The molecule has 0 bridgehead atoms. The Labute approximate surface area is 103 Å². The van der Waals surface area contributed by atoms with E-state index in [-0.39, 0.29) is 36.6 Å². The van der Waals surface area contributed by atoms with E-state index in [9.17, 15) is 9.59 Å². The van der Waals surface area contributed by atoms with Gasteiger partial charge in [-0.1, -0.05) is 27.7 Å². The van der Waals surface area contributed by atoms with E-state index >= 15 is 0 Å². The average molecular weight is 242 g/mol. The van der Waals surface area contributed by atoms with Crippen molar-refractivity contribution in [3.63, 3.8) is 0 Å². The normalized spacial score (nSPS) is 25.2. The monoisotopic (exact) mass is 242 g/mol. The molecule has 4 nitrogen and oxygen atoms in total. The summed E-state index contributed by atoms with van der Waals surface area (Å²) in [6.07, 6.45) is -0.207. The molecule has 0 aromatic rings. The minimum atomic E-state index is -0.729. The summed E-state index contributed by atoms with van der Waals surface area (Å²) in [5.41, 5.74) is -0.729. The van der Waals surface area contributed by atoms with Gasteiger partial charge in [0.15, 0.2) is 5.60 Å². The predicted octanol–water partition coefficient (Wildman–Crippen LogP) is 2.31. The lowest BCUT2D eigenvalue weighted by Gasteiger charge is -2.45. The Bertz CT molecular complexity index is 299. The van der Waals surface area contributed by atoms with E-state index in [0.29, 0.717) is 0 Å². The summed E-state index contributed by atoms with van der Waals surface area (Å²) in [5, 5.41) is 0. The van der Waals surface area contributed by atoms with Gasteiger partial charge in [0.05, 0.1) is 12.8 Å². The van der Waals surface area contributed by atoms with Gasteiger partial charge in [-0.3, -0.25) is 9.59 Å². The highest BCUT2D eigenvalue weighted by Gasteiger charge is 2.49. The molecule has 17 heavy (non-hydrogen) atoms. The number of hydrogen-bond donors (Lipinski definition) is 0. The Kier molecular flexibility index (Phi) is 4.17. The SMILES string of the molecule is CC(C)C1(C(C)C)OC(=O)CCC(=O)OC1C. The van der Waals surface area contributed by atoms with Gasteiger partial charge in [-0.2, -0.15) is 0 Å². The Balaban J connectivity index is 3.12. The molecule has 1 fully saturated rings. The van der Waals surface area contributed by atoms with E-state index in [2.05, 4.69) is 0 Å². The summed E-state index contributed by atoms with van der Waals surface area (Å²) >= 11 is 0. The van der Waals surface area contributed by atoms with Crippen LogP contribution in [0.3, 0.4) is 0 Å². The van der Waals surface area contributed by atoms with Crippen LogP contribution in [0.1, 0.15) is 47.5 Å². The van der Waals surface area contributed by atoms with Crippen LogP contribution in [0.4, 0.5) is 0 Å². The quantitative estimate of drug-likeness (QED) is 0.697. The fourth-order valence-corrected chi connectivity index (χ4v) is 2.72. The van der Waals surface area contributed by atoms with Gasteiger partial charge in [0.25, 0.3) is 0 Å². The highest BCUT2D eigenvalue weighted by molar-refractivity contribution is 5.78. The second-order valence-electron chi connectivity index (χ2n) is 5.27. The largest absolute Gasteiger partial charge is 0.458 e. The van der Waals surface area contributed by atoms with Gasteiger partial charge in [0.2, 0.25) is 0 Å². The van der Waals surface area contributed by atoms with Crippen LogP contribution >= 0.6 is 0 Å². The van der Waals surface area contributed by atoms with Crippen molar-refractivity contribution in [2.45, 2.75) is 59.2 Å². The van der Waals surface area contributed by atoms with Crippen molar-refractivity contribution in [1.29, 1.82) is 0 Å². The molecule has 1 unspecified atom stereocenters. The van der Waals surface area contributed by atoms with Crippen LogP contribution < -0.4 is 0 Å². The first-order chi connectivity index (χ1) is 7.80. The Morgan fingerprint density at radius 3 is 2.00 bits per heavy atom. The molecule has 1 rings (SSSR count). The number of esters is 2. The van der Waals surface area contributed by atoms with Crippen LogP contribution in [-0.2, 0) is 19.1 Å². The molecule has 1 aliphatic heterocycles. The first-order valence-corrected chi connectivity index (χ1v) is 6.22. The molecule has 0 aromatic carbocycles. The minimum Gasteiger partial charge on any atom is -0.458 e. The summed E-state index contributed by atoms with van der Waals surface area (Å²) in [6.45, 7) is 9.74. The molecule has 1 atom stereocenters. The molecule has 0 amide bonds. The molecular formula is C13H22O4. The molecule has 1 saturated heterocycles. The second kappa shape index (κ2) is 5.07. The van der Waals surface area contributed by atoms with Crippen LogP contribution in [0.15, 0.2) is 0 Å². The molecule has 98 valence electrons. The summed E-state index contributed by atoms with van der Waals surface area (Å²) < 4.78 is 11.0. The van der Waals surface area contributed by atoms with E-state index in [4.69, 9.17) is 9.47 Å². The van der Waals surface area contributed by atoms with Crippen LogP contribution in [0.5, 0.6) is 0 Å². The molecule has 4 heteroatoms. The van der Waals surface area contributed by atoms with Crippen molar-refractivity contribution in [1.82, 2.24) is 0 Å². The highest BCUT2D eigenvalue weighted by atomic mass is 16.6. The lowest BCUT2D eigenvalue weighted by atomic mass is 9.76. The van der Waals surface area contributed by atoms with E-state index < -0.39 is 11.7 Å². The number of ether oxygens (including phenoxy) is 2. The summed E-state index contributed by atoms with van der Waals surface area (Å²) in [7, 11) is 0. The highest BCUT2D eigenvalue weighted by Crippen LogP contribution is 2.37. The third-order valence-corrected chi connectivity index (χ3v) is 3.57. The summed E-state index contributed by atoms with van der Waals surface area (Å²) in [6, 6.07) is 0. The van der Waals surface area contributed by atoms with Gasteiger partial charge in [-0.05, 0) is 18.8 Å². The number of hydrogen-bond acceptors (Lipinski definition) is 4. The minimum absolute atomic E-state index is 0.0901. The van der Waals surface area contributed by atoms with Crippen molar-refractivity contribution in [3.05, 3.63) is 0 Å². The van der Waals surface area contributed by atoms with Crippen LogP contribution in [0, 0.1) is 11.8 Å². The molecule has 0 radical (unpaired) electrons. The van der Waals surface area contributed by atoms with Gasteiger partial charge in [-0.25, -0.2) is 0 Å². The molecule has 0 saturated carbocycles. The van der Waals surface area contributed by atoms with Crippen molar-refractivity contribution in [2.75, 3.05) is 0 Å². The number of carbonyl (C=O) groups excluding carboxylic acids is 2. The fraction of sp³-hybridized carbons (Fsp3) is 0.846. The maximum absolute atomic E-state index is 11.7.